The average molecular weight is 307 g/mol. The van der Waals surface area contributed by atoms with Crippen LogP contribution in [0.25, 0.3) is 0 Å². The predicted octanol–water partition coefficient (Wildman–Crippen LogP) is 2.07. The zero-order valence-corrected chi connectivity index (χ0v) is 14.1. The molecule has 6 heteroatoms. The lowest BCUT2D eigenvalue weighted by Gasteiger charge is -2.30. The lowest BCUT2D eigenvalue weighted by atomic mass is 10.0. The summed E-state index contributed by atoms with van der Waals surface area (Å²) in [6.45, 7) is 8.80. The maximum atomic E-state index is 7.25. The molecule has 3 N–H and O–H groups in total. The number of piperidine rings is 1. The van der Waals surface area contributed by atoms with Gasteiger partial charge in [-0.05, 0) is 65.4 Å². The van der Waals surface area contributed by atoms with Crippen molar-refractivity contribution in [3.8, 4) is 0 Å². The van der Waals surface area contributed by atoms with E-state index in [4.69, 9.17) is 10.2 Å². The van der Waals surface area contributed by atoms with Crippen LogP contribution in [0.3, 0.4) is 0 Å². The van der Waals surface area contributed by atoms with Crippen LogP contribution in [-0.2, 0) is 4.84 Å². The Labute approximate surface area is 133 Å². The molecule has 1 fully saturated rings. The van der Waals surface area contributed by atoms with E-state index in [9.17, 15) is 0 Å². The van der Waals surface area contributed by atoms with E-state index in [1.807, 2.05) is 32.9 Å². The van der Waals surface area contributed by atoms with Crippen LogP contribution in [0.4, 0.5) is 0 Å². The molecule has 1 rings (SSSR count). The summed E-state index contributed by atoms with van der Waals surface area (Å²) in [6.07, 6.45) is 7.13. The molecule has 1 aliphatic rings. The second-order valence-electron chi connectivity index (χ2n) is 5.56. The van der Waals surface area contributed by atoms with Crippen molar-refractivity contribution in [3.63, 3.8) is 0 Å². The van der Waals surface area contributed by atoms with E-state index in [2.05, 4.69) is 27.7 Å². The van der Waals surface area contributed by atoms with Crippen molar-refractivity contribution in [1.82, 2.24) is 15.7 Å². The Morgan fingerprint density at radius 3 is 2.59 bits per heavy atom. The van der Waals surface area contributed by atoms with E-state index in [-0.39, 0.29) is 0 Å². The second kappa shape index (κ2) is 10.1. The smallest absolute Gasteiger partial charge is 0.130 e. The number of nitrogens with zero attached hydrogens (tertiary/aromatic N) is 2. The van der Waals surface area contributed by atoms with E-state index < -0.39 is 0 Å². The predicted molar refractivity (Wildman–Crippen MR) is 92.1 cm³/mol. The summed E-state index contributed by atoms with van der Waals surface area (Å²) in [5.74, 6) is 1.55. The Morgan fingerprint density at radius 2 is 2.00 bits per heavy atom. The first-order valence-electron chi connectivity index (χ1n) is 7.83. The standard InChI is InChI=1S/C16H29N5O/c1-5-19-22-14(3)7-6-13(2)16(18-12-17)20-15-8-10-21(4)11-9-15/h6-7,12,15,19H,5,8-11H2,1-4H3,(H2,17,18,20)/b13-6+,14-7+. The highest BCUT2D eigenvalue weighted by Crippen LogP contribution is 2.10. The van der Waals surface area contributed by atoms with Gasteiger partial charge in [-0.2, -0.15) is 5.48 Å². The largest absolute Gasteiger partial charge is 0.414 e. The zero-order valence-electron chi connectivity index (χ0n) is 14.1. The number of aliphatic imine (C=N–C) groups is 1. The normalized spacial score (nSPS) is 19.2. The molecule has 0 aliphatic carbocycles. The van der Waals surface area contributed by atoms with Gasteiger partial charge in [0.25, 0.3) is 0 Å². The number of allylic oxidation sites excluding steroid dienone is 3. The number of hydrogen-bond donors (Lipinski definition) is 3. The SMILES string of the molecule is CCNO/C(C)=C/C=C(C)/C(=N\C=N)NC1CCN(C)CC1. The van der Waals surface area contributed by atoms with Crippen LogP contribution >= 0.6 is 0 Å². The summed E-state index contributed by atoms with van der Waals surface area (Å²) in [5.41, 5.74) is 3.80. The highest BCUT2D eigenvalue weighted by Gasteiger charge is 2.17. The van der Waals surface area contributed by atoms with E-state index in [1.54, 1.807) is 0 Å². The maximum Gasteiger partial charge on any atom is 0.130 e. The molecule has 1 saturated heterocycles. The number of likely N-dealkylation sites (tertiary alicyclic amines) is 1. The highest BCUT2D eigenvalue weighted by atomic mass is 16.6. The number of hydroxylamine groups is 1. The minimum Gasteiger partial charge on any atom is -0.414 e. The fourth-order valence-corrected chi connectivity index (χ4v) is 2.21. The topological polar surface area (TPSA) is 72.7 Å². The highest BCUT2D eigenvalue weighted by molar-refractivity contribution is 6.01. The van der Waals surface area contributed by atoms with E-state index in [0.717, 1.165) is 56.0 Å². The quantitative estimate of drug-likeness (QED) is 0.221. The lowest BCUT2D eigenvalue weighted by molar-refractivity contribution is 0.111. The number of hydrogen-bond acceptors (Lipinski definition) is 4. The molecule has 0 aromatic rings. The molecule has 0 radical (unpaired) electrons. The van der Waals surface area contributed by atoms with Crippen LogP contribution in [-0.4, -0.2) is 49.8 Å². The van der Waals surface area contributed by atoms with Crippen molar-refractivity contribution in [2.24, 2.45) is 4.99 Å². The molecule has 0 spiro atoms. The molecule has 0 bridgehead atoms. The summed E-state index contributed by atoms with van der Waals surface area (Å²) >= 11 is 0. The molecule has 6 nitrogen and oxygen atoms in total. The Hall–Kier alpha value is -1.66. The van der Waals surface area contributed by atoms with Crippen molar-refractivity contribution < 1.29 is 4.84 Å². The van der Waals surface area contributed by atoms with Crippen molar-refractivity contribution in [2.45, 2.75) is 39.7 Å². The van der Waals surface area contributed by atoms with E-state index in [0.29, 0.717) is 6.04 Å². The lowest BCUT2D eigenvalue weighted by Crippen LogP contribution is -2.43. The summed E-state index contributed by atoms with van der Waals surface area (Å²) in [5, 5.41) is 10.7. The maximum absolute atomic E-state index is 7.25. The van der Waals surface area contributed by atoms with Crippen molar-refractivity contribution in [3.05, 3.63) is 23.5 Å². The number of nitrogens with one attached hydrogen (secondary N) is 3. The minimum atomic E-state index is 0.418. The molecule has 0 unspecified atom stereocenters. The van der Waals surface area contributed by atoms with Crippen LogP contribution in [0.1, 0.15) is 33.6 Å². The molecule has 0 amide bonds. The Kier molecular flexibility index (Phi) is 8.47. The third-order valence-electron chi connectivity index (χ3n) is 3.57. The summed E-state index contributed by atoms with van der Waals surface area (Å²) in [6, 6.07) is 0.418. The summed E-state index contributed by atoms with van der Waals surface area (Å²) in [4.78, 5) is 11.8. The number of rotatable bonds is 7. The molecule has 1 aliphatic heterocycles. The molecule has 1 heterocycles. The van der Waals surface area contributed by atoms with E-state index >= 15 is 0 Å². The van der Waals surface area contributed by atoms with Gasteiger partial charge >= 0.3 is 0 Å². The molecule has 0 aromatic carbocycles. The summed E-state index contributed by atoms with van der Waals surface area (Å²) in [7, 11) is 2.14. The first-order valence-corrected chi connectivity index (χ1v) is 7.83. The fraction of sp³-hybridized carbons (Fsp3) is 0.625. The average Bonchev–Trinajstić information content (AvgIpc) is 2.52. The van der Waals surface area contributed by atoms with Crippen molar-refractivity contribution in [2.75, 3.05) is 26.7 Å². The summed E-state index contributed by atoms with van der Waals surface area (Å²) < 4.78 is 0. The monoisotopic (exact) mass is 307 g/mol. The van der Waals surface area contributed by atoms with Gasteiger partial charge in [-0.15, -0.1) is 0 Å². The van der Waals surface area contributed by atoms with Gasteiger partial charge in [-0.3, -0.25) is 5.41 Å². The van der Waals surface area contributed by atoms with Crippen molar-refractivity contribution >= 4 is 12.2 Å². The van der Waals surface area contributed by atoms with E-state index in [1.165, 1.54) is 0 Å². The van der Waals surface area contributed by atoms with Crippen LogP contribution in [0.15, 0.2) is 28.5 Å². The molecular formula is C16H29N5O. The molecular weight excluding hydrogens is 278 g/mol. The number of amidine groups is 1. The van der Waals surface area contributed by atoms with Gasteiger partial charge in [-0.25, -0.2) is 4.99 Å². The third-order valence-corrected chi connectivity index (χ3v) is 3.57. The van der Waals surface area contributed by atoms with Crippen LogP contribution in [0, 0.1) is 5.41 Å². The minimum absolute atomic E-state index is 0.418. The fourth-order valence-electron chi connectivity index (χ4n) is 2.21. The first-order chi connectivity index (χ1) is 10.6. The van der Waals surface area contributed by atoms with Gasteiger partial charge in [-0.1, -0.05) is 6.08 Å². The van der Waals surface area contributed by atoms with Gasteiger partial charge in [0.05, 0.1) is 0 Å². The van der Waals surface area contributed by atoms with Gasteiger partial charge in [0, 0.05) is 12.6 Å². The molecule has 0 saturated carbocycles. The third kappa shape index (κ3) is 6.87. The van der Waals surface area contributed by atoms with Gasteiger partial charge in [0.15, 0.2) is 0 Å². The Morgan fingerprint density at radius 1 is 1.32 bits per heavy atom. The van der Waals surface area contributed by atoms with Crippen LogP contribution in [0.2, 0.25) is 0 Å². The Balaban J connectivity index is 2.65. The second-order valence-corrected chi connectivity index (χ2v) is 5.56. The Bertz CT molecular complexity index is 434. The van der Waals surface area contributed by atoms with Crippen LogP contribution in [0.5, 0.6) is 0 Å². The van der Waals surface area contributed by atoms with Gasteiger partial charge in [0.2, 0.25) is 0 Å². The van der Waals surface area contributed by atoms with Crippen molar-refractivity contribution in [1.29, 1.82) is 5.41 Å². The molecule has 22 heavy (non-hydrogen) atoms. The molecule has 0 aromatic heterocycles. The zero-order chi connectivity index (χ0) is 16.4. The molecule has 0 atom stereocenters. The van der Waals surface area contributed by atoms with Gasteiger partial charge in [0.1, 0.15) is 17.9 Å². The van der Waals surface area contributed by atoms with Crippen LogP contribution < -0.4 is 10.8 Å². The molecule has 124 valence electrons. The first kappa shape index (κ1) is 18.4. The van der Waals surface area contributed by atoms with Gasteiger partial charge < -0.3 is 15.1 Å².